The Morgan fingerprint density at radius 3 is 2.67 bits per heavy atom. The zero-order valence-electron chi connectivity index (χ0n) is 11.5. The van der Waals surface area contributed by atoms with Crippen molar-refractivity contribution >= 4 is 11.7 Å². The third-order valence-electron chi connectivity index (χ3n) is 2.90. The second-order valence-corrected chi connectivity index (χ2v) is 4.34. The van der Waals surface area contributed by atoms with E-state index >= 15 is 0 Å². The predicted octanol–water partition coefficient (Wildman–Crippen LogP) is 2.82. The van der Waals surface area contributed by atoms with Crippen molar-refractivity contribution in [1.82, 2.24) is 10.3 Å². The highest BCUT2D eigenvalue weighted by atomic mass is 16.1. The molecule has 1 aromatic heterocycles. The molecular formula is C14H23N3O. The van der Waals surface area contributed by atoms with Gasteiger partial charge in [-0.2, -0.15) is 0 Å². The first-order valence-corrected chi connectivity index (χ1v) is 6.72. The number of anilines is 1. The summed E-state index contributed by atoms with van der Waals surface area (Å²) in [7, 11) is 0. The lowest BCUT2D eigenvalue weighted by Gasteiger charge is -2.15. The zero-order chi connectivity index (χ0) is 13.4. The van der Waals surface area contributed by atoms with Gasteiger partial charge in [0.15, 0.2) is 0 Å². The maximum atomic E-state index is 12.0. The van der Waals surface area contributed by atoms with Crippen LogP contribution in [0, 0.1) is 0 Å². The summed E-state index contributed by atoms with van der Waals surface area (Å²) in [6.45, 7) is 7.12. The van der Waals surface area contributed by atoms with E-state index < -0.39 is 0 Å². The molecule has 0 atom stereocenters. The van der Waals surface area contributed by atoms with E-state index in [2.05, 4.69) is 36.4 Å². The van der Waals surface area contributed by atoms with E-state index in [0.29, 0.717) is 5.56 Å². The van der Waals surface area contributed by atoms with Crippen molar-refractivity contribution in [2.45, 2.75) is 46.1 Å². The van der Waals surface area contributed by atoms with Gasteiger partial charge in [0.05, 0.1) is 0 Å². The molecule has 18 heavy (non-hydrogen) atoms. The Balaban J connectivity index is 2.67. The molecule has 0 aromatic carbocycles. The number of nitrogens with zero attached hydrogens (tertiary/aromatic N) is 1. The fraction of sp³-hybridized carbons (Fsp3) is 0.571. The van der Waals surface area contributed by atoms with Crippen molar-refractivity contribution in [3.05, 3.63) is 23.9 Å². The van der Waals surface area contributed by atoms with Crippen LogP contribution in [0.15, 0.2) is 18.3 Å². The summed E-state index contributed by atoms with van der Waals surface area (Å²) in [5.74, 6) is 0.736. The fourth-order valence-electron chi connectivity index (χ4n) is 1.68. The first-order chi connectivity index (χ1) is 8.71. The van der Waals surface area contributed by atoms with E-state index in [1.54, 1.807) is 18.3 Å². The quantitative estimate of drug-likeness (QED) is 0.781. The molecule has 0 fully saturated rings. The summed E-state index contributed by atoms with van der Waals surface area (Å²) in [6.07, 6.45) is 4.61. The molecule has 0 aliphatic carbocycles. The van der Waals surface area contributed by atoms with Crippen molar-refractivity contribution in [1.29, 1.82) is 0 Å². The highest BCUT2D eigenvalue weighted by Crippen LogP contribution is 2.08. The molecule has 1 rings (SSSR count). The summed E-state index contributed by atoms with van der Waals surface area (Å²) >= 11 is 0. The Bertz CT molecular complexity index is 375. The molecule has 100 valence electrons. The molecule has 1 heterocycles. The Hall–Kier alpha value is -1.58. The van der Waals surface area contributed by atoms with Gasteiger partial charge < -0.3 is 10.6 Å². The van der Waals surface area contributed by atoms with Crippen LogP contribution < -0.4 is 10.6 Å². The molecule has 1 aromatic rings. The van der Waals surface area contributed by atoms with Crippen molar-refractivity contribution in [3.8, 4) is 0 Å². The van der Waals surface area contributed by atoms with Crippen molar-refractivity contribution in [3.63, 3.8) is 0 Å². The molecule has 2 N–H and O–H groups in total. The molecule has 0 bridgehead atoms. The molecule has 4 heteroatoms. The van der Waals surface area contributed by atoms with Crippen LogP contribution in [0.5, 0.6) is 0 Å². The number of pyridine rings is 1. The van der Waals surface area contributed by atoms with Gasteiger partial charge >= 0.3 is 0 Å². The Labute approximate surface area is 109 Å². The minimum absolute atomic E-state index is 0.0225. The number of rotatable bonds is 7. The van der Waals surface area contributed by atoms with Crippen LogP contribution in [-0.4, -0.2) is 23.5 Å². The molecule has 0 aliphatic heterocycles. The molecular weight excluding hydrogens is 226 g/mol. The van der Waals surface area contributed by atoms with Gasteiger partial charge in [-0.05, 0) is 31.4 Å². The minimum Gasteiger partial charge on any atom is -0.370 e. The van der Waals surface area contributed by atoms with Crippen LogP contribution in [0.2, 0.25) is 0 Å². The number of amides is 1. The maximum absolute atomic E-state index is 12.0. The maximum Gasteiger partial charge on any atom is 0.251 e. The van der Waals surface area contributed by atoms with E-state index in [-0.39, 0.29) is 11.9 Å². The largest absolute Gasteiger partial charge is 0.370 e. The lowest BCUT2D eigenvalue weighted by Crippen LogP contribution is -2.33. The summed E-state index contributed by atoms with van der Waals surface area (Å²) in [6, 6.07) is 3.79. The third kappa shape index (κ3) is 4.35. The Kier molecular flexibility index (Phi) is 6.19. The lowest BCUT2D eigenvalue weighted by atomic mass is 10.1. The summed E-state index contributed by atoms with van der Waals surface area (Å²) in [5.41, 5.74) is 0.663. The van der Waals surface area contributed by atoms with Crippen LogP contribution in [0.4, 0.5) is 5.82 Å². The summed E-state index contributed by atoms with van der Waals surface area (Å²) in [5, 5.41) is 6.20. The average molecular weight is 249 g/mol. The molecule has 0 spiro atoms. The zero-order valence-corrected chi connectivity index (χ0v) is 11.5. The average Bonchev–Trinajstić information content (AvgIpc) is 2.42. The summed E-state index contributed by atoms with van der Waals surface area (Å²) < 4.78 is 0. The SMILES string of the molecule is CCCNc1cc(C(=O)NC(CC)CC)ccn1. The Morgan fingerprint density at radius 2 is 2.06 bits per heavy atom. The van der Waals surface area contributed by atoms with Crippen LogP contribution in [0.1, 0.15) is 50.4 Å². The first kappa shape index (κ1) is 14.5. The highest BCUT2D eigenvalue weighted by molar-refractivity contribution is 5.94. The van der Waals surface area contributed by atoms with Gasteiger partial charge in [0, 0.05) is 24.3 Å². The molecule has 0 saturated carbocycles. The number of carbonyl (C=O) groups excluding carboxylic acids is 1. The number of carbonyl (C=O) groups is 1. The van der Waals surface area contributed by atoms with Crippen LogP contribution in [0.25, 0.3) is 0 Å². The third-order valence-corrected chi connectivity index (χ3v) is 2.90. The monoisotopic (exact) mass is 249 g/mol. The van der Waals surface area contributed by atoms with Gasteiger partial charge in [0.2, 0.25) is 0 Å². The second-order valence-electron chi connectivity index (χ2n) is 4.34. The van der Waals surface area contributed by atoms with E-state index in [4.69, 9.17) is 0 Å². The highest BCUT2D eigenvalue weighted by Gasteiger charge is 2.11. The van der Waals surface area contributed by atoms with Gasteiger partial charge in [0.25, 0.3) is 5.91 Å². The number of hydrogen-bond donors (Lipinski definition) is 2. The standard InChI is InChI=1S/C14H23N3O/c1-4-8-15-13-10-11(7-9-16-13)14(18)17-12(5-2)6-3/h7,9-10,12H,4-6,8H2,1-3H3,(H,15,16)(H,17,18). The van der Waals surface area contributed by atoms with Crippen LogP contribution in [-0.2, 0) is 0 Å². The molecule has 0 unspecified atom stereocenters. The molecule has 0 saturated heterocycles. The lowest BCUT2D eigenvalue weighted by molar-refractivity contribution is 0.0935. The second kappa shape index (κ2) is 7.69. The fourth-order valence-corrected chi connectivity index (χ4v) is 1.68. The number of hydrogen-bond acceptors (Lipinski definition) is 3. The van der Waals surface area contributed by atoms with Gasteiger partial charge in [-0.25, -0.2) is 4.98 Å². The van der Waals surface area contributed by atoms with E-state index in [1.807, 2.05) is 0 Å². The molecule has 4 nitrogen and oxygen atoms in total. The van der Waals surface area contributed by atoms with Crippen molar-refractivity contribution in [2.24, 2.45) is 0 Å². The van der Waals surface area contributed by atoms with Gasteiger partial charge in [-0.1, -0.05) is 20.8 Å². The Morgan fingerprint density at radius 1 is 1.33 bits per heavy atom. The van der Waals surface area contributed by atoms with Crippen LogP contribution >= 0.6 is 0 Å². The number of aromatic nitrogens is 1. The van der Waals surface area contributed by atoms with Gasteiger partial charge in [-0.3, -0.25) is 4.79 Å². The van der Waals surface area contributed by atoms with Crippen molar-refractivity contribution < 1.29 is 4.79 Å². The van der Waals surface area contributed by atoms with Crippen LogP contribution in [0.3, 0.4) is 0 Å². The van der Waals surface area contributed by atoms with E-state index in [9.17, 15) is 4.79 Å². The topological polar surface area (TPSA) is 54.0 Å². The van der Waals surface area contributed by atoms with E-state index in [1.165, 1.54) is 0 Å². The molecule has 0 aliphatic rings. The summed E-state index contributed by atoms with van der Waals surface area (Å²) in [4.78, 5) is 16.2. The molecule has 0 radical (unpaired) electrons. The number of nitrogens with one attached hydrogen (secondary N) is 2. The first-order valence-electron chi connectivity index (χ1n) is 6.72. The van der Waals surface area contributed by atoms with Gasteiger partial charge in [0.1, 0.15) is 5.82 Å². The minimum atomic E-state index is -0.0225. The van der Waals surface area contributed by atoms with Crippen molar-refractivity contribution in [2.75, 3.05) is 11.9 Å². The van der Waals surface area contributed by atoms with E-state index in [0.717, 1.165) is 31.6 Å². The predicted molar refractivity (Wildman–Crippen MR) is 74.9 cm³/mol. The smallest absolute Gasteiger partial charge is 0.251 e. The van der Waals surface area contributed by atoms with Gasteiger partial charge in [-0.15, -0.1) is 0 Å². The normalized spacial score (nSPS) is 10.4. The molecule has 1 amide bonds.